The largest absolute Gasteiger partial charge is 0.496 e. The normalized spacial score (nSPS) is 15.5. The summed E-state index contributed by atoms with van der Waals surface area (Å²) in [6, 6.07) is 7.86. The number of piperazine rings is 1. The number of thiazole rings is 1. The molecule has 1 aliphatic rings. The van der Waals surface area contributed by atoms with Gasteiger partial charge in [-0.05, 0) is 26.1 Å². The number of rotatable bonds is 4. The van der Waals surface area contributed by atoms with Crippen LogP contribution in [0.2, 0.25) is 0 Å². The van der Waals surface area contributed by atoms with Crippen molar-refractivity contribution in [2.45, 2.75) is 13.3 Å². The van der Waals surface area contributed by atoms with Gasteiger partial charge in [0.2, 0.25) is 5.91 Å². The summed E-state index contributed by atoms with van der Waals surface area (Å²) in [6.45, 7) is 5.49. The number of carbonyl (C=O) groups is 1. The van der Waals surface area contributed by atoms with E-state index in [2.05, 4.69) is 16.9 Å². The molecule has 0 atom stereocenters. The first-order valence-electron chi connectivity index (χ1n) is 8.14. The SMILES string of the molecule is COc1ccccc1-c1nc(C)c(CC(=O)N2CCN(C)CC2)s1. The molecule has 1 saturated heterocycles. The molecule has 0 N–H and O–H groups in total. The van der Waals surface area contributed by atoms with Gasteiger partial charge in [0, 0.05) is 31.1 Å². The van der Waals surface area contributed by atoms with E-state index in [-0.39, 0.29) is 5.91 Å². The number of hydrogen-bond donors (Lipinski definition) is 0. The van der Waals surface area contributed by atoms with Crippen molar-refractivity contribution < 1.29 is 9.53 Å². The summed E-state index contributed by atoms with van der Waals surface area (Å²) in [5.41, 5.74) is 1.91. The van der Waals surface area contributed by atoms with Crippen LogP contribution in [0.4, 0.5) is 0 Å². The number of nitrogens with zero attached hydrogens (tertiary/aromatic N) is 3. The van der Waals surface area contributed by atoms with E-state index in [0.29, 0.717) is 6.42 Å². The second kappa shape index (κ2) is 7.32. The van der Waals surface area contributed by atoms with Crippen molar-refractivity contribution in [3.05, 3.63) is 34.8 Å². The minimum Gasteiger partial charge on any atom is -0.496 e. The first-order chi connectivity index (χ1) is 11.6. The number of likely N-dealkylation sites (N-methyl/N-ethyl adjacent to an activating group) is 1. The molecule has 3 rings (SSSR count). The molecule has 1 aliphatic heterocycles. The Bertz CT molecular complexity index is 721. The maximum absolute atomic E-state index is 12.6. The van der Waals surface area contributed by atoms with Gasteiger partial charge in [-0.2, -0.15) is 0 Å². The lowest BCUT2D eigenvalue weighted by atomic mass is 10.2. The van der Waals surface area contributed by atoms with Gasteiger partial charge in [0.1, 0.15) is 10.8 Å². The maximum atomic E-state index is 12.6. The molecule has 2 aromatic rings. The first kappa shape index (κ1) is 16.9. The summed E-state index contributed by atoms with van der Waals surface area (Å²) >= 11 is 1.59. The van der Waals surface area contributed by atoms with E-state index in [1.807, 2.05) is 36.1 Å². The molecule has 0 aliphatic carbocycles. The third kappa shape index (κ3) is 3.60. The zero-order valence-electron chi connectivity index (χ0n) is 14.4. The standard InChI is InChI=1S/C18H23N3O2S/c1-13-16(12-17(22)21-10-8-20(2)9-11-21)24-18(19-13)14-6-4-5-7-15(14)23-3/h4-7H,8-12H2,1-3H3. The molecule has 0 unspecified atom stereocenters. The van der Waals surface area contributed by atoms with Crippen molar-refractivity contribution >= 4 is 17.2 Å². The highest BCUT2D eigenvalue weighted by Gasteiger charge is 2.21. The van der Waals surface area contributed by atoms with Crippen LogP contribution in [0.15, 0.2) is 24.3 Å². The quantitative estimate of drug-likeness (QED) is 0.854. The van der Waals surface area contributed by atoms with Crippen LogP contribution in [0.3, 0.4) is 0 Å². The number of ether oxygens (including phenoxy) is 1. The molecule has 128 valence electrons. The van der Waals surface area contributed by atoms with Crippen LogP contribution in [-0.4, -0.2) is 61.0 Å². The molecular weight excluding hydrogens is 322 g/mol. The molecule has 2 heterocycles. The number of aryl methyl sites for hydroxylation is 1. The van der Waals surface area contributed by atoms with E-state index in [1.165, 1.54) is 0 Å². The Kier molecular flexibility index (Phi) is 5.16. The monoisotopic (exact) mass is 345 g/mol. The number of aromatic nitrogens is 1. The van der Waals surface area contributed by atoms with Crippen molar-refractivity contribution in [2.75, 3.05) is 40.3 Å². The maximum Gasteiger partial charge on any atom is 0.227 e. The van der Waals surface area contributed by atoms with Gasteiger partial charge in [-0.15, -0.1) is 11.3 Å². The third-order valence-corrected chi connectivity index (χ3v) is 5.59. The van der Waals surface area contributed by atoms with E-state index >= 15 is 0 Å². The lowest BCUT2D eigenvalue weighted by Gasteiger charge is -2.32. The lowest BCUT2D eigenvalue weighted by molar-refractivity contribution is -0.131. The second-order valence-corrected chi connectivity index (χ2v) is 7.17. The highest BCUT2D eigenvalue weighted by molar-refractivity contribution is 7.15. The zero-order chi connectivity index (χ0) is 17.1. The van der Waals surface area contributed by atoms with Crippen LogP contribution in [0.1, 0.15) is 10.6 Å². The second-order valence-electron chi connectivity index (χ2n) is 6.09. The number of benzene rings is 1. The molecule has 0 saturated carbocycles. The lowest BCUT2D eigenvalue weighted by Crippen LogP contribution is -2.47. The molecule has 1 aromatic carbocycles. The molecule has 5 nitrogen and oxygen atoms in total. The van der Waals surface area contributed by atoms with Crippen LogP contribution < -0.4 is 4.74 Å². The van der Waals surface area contributed by atoms with Crippen LogP contribution in [-0.2, 0) is 11.2 Å². The zero-order valence-corrected chi connectivity index (χ0v) is 15.2. The molecule has 1 amide bonds. The average Bonchev–Trinajstić information content (AvgIpc) is 2.96. The Morgan fingerprint density at radius 3 is 2.67 bits per heavy atom. The third-order valence-electron chi connectivity index (χ3n) is 4.40. The summed E-state index contributed by atoms with van der Waals surface area (Å²) in [7, 11) is 3.76. The topological polar surface area (TPSA) is 45.7 Å². The van der Waals surface area contributed by atoms with Gasteiger partial charge < -0.3 is 14.5 Å². The summed E-state index contributed by atoms with van der Waals surface area (Å²) in [5.74, 6) is 1.00. The molecule has 0 spiro atoms. The van der Waals surface area contributed by atoms with E-state index in [0.717, 1.165) is 53.1 Å². The molecule has 0 radical (unpaired) electrons. The van der Waals surface area contributed by atoms with Crippen molar-refractivity contribution in [2.24, 2.45) is 0 Å². The fourth-order valence-electron chi connectivity index (χ4n) is 2.83. The predicted molar refractivity (Wildman–Crippen MR) is 96.6 cm³/mol. The summed E-state index contributed by atoms with van der Waals surface area (Å²) in [6.07, 6.45) is 0.433. The Morgan fingerprint density at radius 1 is 1.25 bits per heavy atom. The molecule has 6 heteroatoms. The minimum atomic E-state index is 0.196. The number of hydrogen-bond acceptors (Lipinski definition) is 5. The van der Waals surface area contributed by atoms with Crippen molar-refractivity contribution in [1.29, 1.82) is 0 Å². The smallest absolute Gasteiger partial charge is 0.227 e. The van der Waals surface area contributed by atoms with Crippen LogP contribution in [0, 0.1) is 6.92 Å². The fourth-order valence-corrected chi connectivity index (χ4v) is 3.92. The Labute approximate surface area is 146 Å². The van der Waals surface area contributed by atoms with Crippen LogP contribution >= 0.6 is 11.3 Å². The minimum absolute atomic E-state index is 0.196. The van der Waals surface area contributed by atoms with E-state index in [9.17, 15) is 4.79 Å². The highest BCUT2D eigenvalue weighted by Crippen LogP contribution is 2.34. The number of para-hydroxylation sites is 1. The summed E-state index contributed by atoms with van der Waals surface area (Å²) in [4.78, 5) is 22.5. The van der Waals surface area contributed by atoms with Crippen molar-refractivity contribution in [3.8, 4) is 16.3 Å². The molecular formula is C18H23N3O2S. The van der Waals surface area contributed by atoms with E-state index in [4.69, 9.17) is 4.74 Å². The Balaban J connectivity index is 1.76. The Morgan fingerprint density at radius 2 is 1.96 bits per heavy atom. The van der Waals surface area contributed by atoms with Crippen LogP contribution in [0.25, 0.3) is 10.6 Å². The van der Waals surface area contributed by atoms with Gasteiger partial charge in [-0.25, -0.2) is 4.98 Å². The van der Waals surface area contributed by atoms with Gasteiger partial charge in [-0.1, -0.05) is 12.1 Å². The highest BCUT2D eigenvalue weighted by atomic mass is 32.1. The van der Waals surface area contributed by atoms with Gasteiger partial charge in [0.05, 0.1) is 24.8 Å². The molecule has 1 aromatic heterocycles. The van der Waals surface area contributed by atoms with E-state index < -0.39 is 0 Å². The van der Waals surface area contributed by atoms with Gasteiger partial charge in [0.25, 0.3) is 0 Å². The number of methoxy groups -OCH3 is 1. The molecule has 24 heavy (non-hydrogen) atoms. The van der Waals surface area contributed by atoms with Crippen LogP contribution in [0.5, 0.6) is 5.75 Å². The number of amides is 1. The summed E-state index contributed by atoms with van der Waals surface area (Å²) < 4.78 is 5.42. The number of carbonyl (C=O) groups excluding carboxylic acids is 1. The van der Waals surface area contributed by atoms with Gasteiger partial charge in [0.15, 0.2) is 0 Å². The predicted octanol–water partition coefficient (Wildman–Crippen LogP) is 2.44. The first-order valence-corrected chi connectivity index (χ1v) is 8.96. The van der Waals surface area contributed by atoms with Gasteiger partial charge >= 0.3 is 0 Å². The fraction of sp³-hybridized carbons (Fsp3) is 0.444. The van der Waals surface area contributed by atoms with E-state index in [1.54, 1.807) is 18.4 Å². The average molecular weight is 345 g/mol. The molecule has 1 fully saturated rings. The van der Waals surface area contributed by atoms with Crippen molar-refractivity contribution in [3.63, 3.8) is 0 Å². The van der Waals surface area contributed by atoms with Crippen molar-refractivity contribution in [1.82, 2.24) is 14.8 Å². The van der Waals surface area contributed by atoms with Gasteiger partial charge in [-0.3, -0.25) is 4.79 Å². The Hall–Kier alpha value is -1.92. The summed E-state index contributed by atoms with van der Waals surface area (Å²) in [5, 5.41) is 0.908. The molecule has 0 bridgehead atoms.